The zero-order valence-electron chi connectivity index (χ0n) is 11.0. The van der Waals surface area contributed by atoms with Crippen molar-refractivity contribution < 1.29 is 5.11 Å². The normalized spacial score (nSPS) is 12.4. The number of fused-ring (bicyclic) bond motifs is 1. The van der Waals surface area contributed by atoms with E-state index >= 15 is 0 Å². The van der Waals surface area contributed by atoms with Crippen molar-refractivity contribution in [1.29, 1.82) is 0 Å². The topological polar surface area (TPSA) is 73.8 Å². The molecular weight excluding hydrogens is 286 g/mol. The molecule has 106 valence electrons. The van der Waals surface area contributed by atoms with Crippen LogP contribution < -0.4 is 5.56 Å². The van der Waals surface area contributed by atoms with Gasteiger partial charge >= 0.3 is 0 Å². The van der Waals surface area contributed by atoms with Gasteiger partial charge in [0.2, 0.25) is 0 Å². The first kappa shape index (κ1) is 13.4. The van der Waals surface area contributed by atoms with Crippen LogP contribution in [0.3, 0.4) is 0 Å². The Labute approximate surface area is 125 Å². The summed E-state index contributed by atoms with van der Waals surface area (Å²) in [5.74, 6) is -0.0383. The molecule has 21 heavy (non-hydrogen) atoms. The number of rotatable bonds is 3. The van der Waals surface area contributed by atoms with E-state index in [0.717, 1.165) is 5.56 Å². The van der Waals surface area contributed by atoms with Gasteiger partial charge in [-0.15, -0.1) is 0 Å². The zero-order chi connectivity index (χ0) is 15.0. The summed E-state index contributed by atoms with van der Waals surface area (Å²) in [6, 6.07) is 10.6. The summed E-state index contributed by atoms with van der Waals surface area (Å²) in [6.45, 7) is 3.63. The molecule has 0 saturated carbocycles. The van der Waals surface area contributed by atoms with Crippen molar-refractivity contribution in [2.45, 2.75) is 6.04 Å². The summed E-state index contributed by atoms with van der Waals surface area (Å²) >= 11 is 5.40. The number of hydrogen-bond acceptors (Lipinski definition) is 3. The van der Waals surface area contributed by atoms with E-state index in [2.05, 4.69) is 16.8 Å². The number of benzene rings is 1. The summed E-state index contributed by atoms with van der Waals surface area (Å²) < 4.78 is 2.01. The molecular formula is C15H13N3O2S. The molecule has 0 bridgehead atoms. The third kappa shape index (κ3) is 2.19. The fraction of sp³-hybridized carbons (Fsp3) is 0.0667. The minimum absolute atomic E-state index is 0.0383. The fourth-order valence-electron chi connectivity index (χ4n) is 2.41. The molecule has 6 heteroatoms. The maximum atomic E-state index is 11.8. The van der Waals surface area contributed by atoms with Crippen molar-refractivity contribution in [3.8, 4) is 0 Å². The first-order valence-electron chi connectivity index (χ1n) is 6.34. The lowest BCUT2D eigenvalue weighted by molar-refractivity contribution is 0.351. The van der Waals surface area contributed by atoms with Crippen LogP contribution in [0.15, 0.2) is 59.7 Å². The Bertz CT molecular complexity index is 921. The van der Waals surface area contributed by atoms with Crippen LogP contribution in [0.2, 0.25) is 0 Å². The predicted molar refractivity (Wildman–Crippen MR) is 84.1 cm³/mol. The zero-order valence-corrected chi connectivity index (χ0v) is 11.9. The van der Waals surface area contributed by atoms with Gasteiger partial charge in [0.25, 0.3) is 5.56 Å². The summed E-state index contributed by atoms with van der Waals surface area (Å²) in [5.41, 5.74) is 1.20. The summed E-state index contributed by atoms with van der Waals surface area (Å²) in [4.78, 5) is 11.8. The Hall–Kier alpha value is -2.60. The number of nitrogens with zero attached hydrogens (tertiary/aromatic N) is 1. The first-order valence-corrected chi connectivity index (χ1v) is 6.74. The SMILES string of the molecule is C=C(O)C(c1ccccc1)n1ccc2[nH][nH]c(=O)c2c1=S. The lowest BCUT2D eigenvalue weighted by Gasteiger charge is -2.20. The maximum absolute atomic E-state index is 11.8. The van der Waals surface area contributed by atoms with E-state index in [1.807, 2.05) is 30.3 Å². The van der Waals surface area contributed by atoms with Crippen molar-refractivity contribution in [1.82, 2.24) is 14.8 Å². The molecule has 2 aromatic heterocycles. The molecule has 0 saturated heterocycles. The number of aliphatic hydroxyl groups is 1. The molecule has 3 aromatic rings. The molecule has 0 amide bonds. The largest absolute Gasteiger partial charge is 0.510 e. The molecule has 0 aliphatic heterocycles. The van der Waals surface area contributed by atoms with Crippen LogP contribution in [0.25, 0.3) is 10.9 Å². The van der Waals surface area contributed by atoms with Gasteiger partial charge in [-0.1, -0.05) is 49.1 Å². The Morgan fingerprint density at radius 1 is 1.24 bits per heavy atom. The molecule has 2 heterocycles. The van der Waals surface area contributed by atoms with Crippen LogP contribution in [0.1, 0.15) is 11.6 Å². The van der Waals surface area contributed by atoms with Crippen LogP contribution in [-0.2, 0) is 0 Å². The third-order valence-electron chi connectivity index (χ3n) is 3.37. The monoisotopic (exact) mass is 299 g/mol. The summed E-state index contributed by atoms with van der Waals surface area (Å²) in [7, 11) is 0. The number of hydrogen-bond donors (Lipinski definition) is 3. The highest BCUT2D eigenvalue weighted by atomic mass is 32.1. The molecule has 0 spiro atoms. The molecule has 1 aromatic carbocycles. The number of nitrogens with one attached hydrogen (secondary N) is 2. The van der Waals surface area contributed by atoms with Crippen molar-refractivity contribution in [3.05, 3.63) is 75.5 Å². The Morgan fingerprint density at radius 2 is 1.95 bits per heavy atom. The minimum Gasteiger partial charge on any atom is -0.510 e. The molecule has 3 N–H and O–H groups in total. The van der Waals surface area contributed by atoms with Crippen LogP contribution in [-0.4, -0.2) is 19.9 Å². The van der Waals surface area contributed by atoms with Gasteiger partial charge in [0.15, 0.2) is 0 Å². The van der Waals surface area contributed by atoms with Gasteiger partial charge in [-0.3, -0.25) is 15.0 Å². The highest BCUT2D eigenvalue weighted by molar-refractivity contribution is 7.71. The number of aliphatic hydroxyl groups excluding tert-OH is 1. The quantitative estimate of drug-likeness (QED) is 0.514. The van der Waals surface area contributed by atoms with Crippen molar-refractivity contribution in [3.63, 3.8) is 0 Å². The molecule has 0 aliphatic rings. The van der Waals surface area contributed by atoms with Gasteiger partial charge < -0.3 is 9.67 Å². The summed E-state index contributed by atoms with van der Waals surface area (Å²) in [5, 5.41) is 15.6. The fourth-order valence-corrected chi connectivity index (χ4v) is 2.78. The van der Waals surface area contributed by atoms with E-state index in [1.54, 1.807) is 16.8 Å². The van der Waals surface area contributed by atoms with E-state index in [9.17, 15) is 9.90 Å². The summed E-state index contributed by atoms with van der Waals surface area (Å²) in [6.07, 6.45) is 1.73. The highest BCUT2D eigenvalue weighted by Gasteiger charge is 2.18. The van der Waals surface area contributed by atoms with Gasteiger partial charge in [-0.25, -0.2) is 0 Å². The van der Waals surface area contributed by atoms with E-state index in [0.29, 0.717) is 15.5 Å². The number of pyridine rings is 1. The van der Waals surface area contributed by atoms with Crippen LogP contribution in [0.4, 0.5) is 0 Å². The Kier molecular flexibility index (Phi) is 3.23. The molecule has 0 aliphatic carbocycles. The number of aromatic amines is 2. The van der Waals surface area contributed by atoms with E-state index in [1.165, 1.54) is 0 Å². The highest BCUT2D eigenvalue weighted by Crippen LogP contribution is 2.25. The first-order chi connectivity index (χ1) is 10.1. The molecule has 1 atom stereocenters. The van der Waals surface area contributed by atoms with Gasteiger partial charge in [-0.05, 0) is 11.6 Å². The second kappa shape index (κ2) is 5.06. The lowest BCUT2D eigenvalue weighted by Crippen LogP contribution is -2.15. The Balaban J connectivity index is 2.29. The smallest absolute Gasteiger partial charge is 0.274 e. The molecule has 1 unspecified atom stereocenters. The van der Waals surface area contributed by atoms with Crippen LogP contribution in [0, 0.1) is 4.64 Å². The van der Waals surface area contributed by atoms with Crippen LogP contribution >= 0.6 is 12.2 Å². The second-order valence-corrected chi connectivity index (χ2v) is 5.09. The minimum atomic E-state index is -0.530. The van der Waals surface area contributed by atoms with Gasteiger partial charge in [0.05, 0.1) is 5.52 Å². The van der Waals surface area contributed by atoms with Crippen LogP contribution in [0.5, 0.6) is 0 Å². The molecule has 3 rings (SSSR count). The number of H-pyrrole nitrogens is 2. The van der Waals surface area contributed by atoms with Gasteiger partial charge in [0.1, 0.15) is 21.8 Å². The molecule has 5 nitrogen and oxygen atoms in total. The molecule has 0 fully saturated rings. The van der Waals surface area contributed by atoms with Crippen molar-refractivity contribution in [2.75, 3.05) is 0 Å². The van der Waals surface area contributed by atoms with Gasteiger partial charge in [-0.2, -0.15) is 0 Å². The van der Waals surface area contributed by atoms with Gasteiger partial charge in [0, 0.05) is 6.20 Å². The lowest BCUT2D eigenvalue weighted by atomic mass is 10.1. The van der Waals surface area contributed by atoms with Crippen molar-refractivity contribution >= 4 is 23.1 Å². The van der Waals surface area contributed by atoms with Crippen molar-refractivity contribution in [2.24, 2.45) is 0 Å². The third-order valence-corrected chi connectivity index (χ3v) is 3.78. The Morgan fingerprint density at radius 3 is 2.62 bits per heavy atom. The number of aromatic nitrogens is 3. The predicted octanol–water partition coefficient (Wildman–Crippen LogP) is 3.05. The van der Waals surface area contributed by atoms with E-state index in [-0.39, 0.29) is 11.3 Å². The average molecular weight is 299 g/mol. The maximum Gasteiger partial charge on any atom is 0.274 e. The second-order valence-electron chi connectivity index (χ2n) is 4.70. The van der Waals surface area contributed by atoms with E-state index in [4.69, 9.17) is 12.2 Å². The average Bonchev–Trinajstić information content (AvgIpc) is 2.85. The standard InChI is InChI=1S/C15H13N3O2S/c1-9(19)13(10-5-3-2-4-6-10)18-8-7-11-12(15(18)21)14(20)17-16-11/h2-8,13,19H,1H2,(H2,16,17,20). The molecule has 0 radical (unpaired) electrons. The number of allylic oxidation sites excluding steroid dienone is 1. The van der Waals surface area contributed by atoms with E-state index < -0.39 is 6.04 Å².